The van der Waals surface area contributed by atoms with Gasteiger partial charge in [0.2, 0.25) is 0 Å². The number of carbonyl (C=O) groups is 1. The summed E-state index contributed by atoms with van der Waals surface area (Å²) in [6.45, 7) is 5.04. The van der Waals surface area contributed by atoms with E-state index < -0.39 is 0 Å². The number of ketones is 1. The SMILES string of the molecule is CCCc1ccc(OCc2ccc(C(OC3CCCCO3)c3cccc(C(=O)CCl)c3)cc2)c(C)c1O. The standard InChI is InChI=1S/C31H35ClO5/c1-3-7-23-15-16-28(21(2)30(23)34)36-20-22-11-13-24(14-12-22)31(37-29-10-4-5-17-35-29)26-9-6-8-25(18-26)27(33)19-32/h6,8-9,11-16,18,29,31,34H,3-5,7,10,17,19-20H2,1-2H3. The maximum Gasteiger partial charge on any atom is 0.177 e. The average Bonchev–Trinajstić information content (AvgIpc) is 2.94. The molecule has 1 aliphatic heterocycles. The average molecular weight is 523 g/mol. The smallest absolute Gasteiger partial charge is 0.177 e. The van der Waals surface area contributed by atoms with Crippen LogP contribution in [0, 0.1) is 6.92 Å². The molecule has 1 heterocycles. The van der Waals surface area contributed by atoms with Crippen LogP contribution in [0.5, 0.6) is 11.5 Å². The van der Waals surface area contributed by atoms with Crippen molar-refractivity contribution in [1.82, 2.24) is 0 Å². The van der Waals surface area contributed by atoms with Crippen molar-refractivity contribution in [2.75, 3.05) is 12.5 Å². The Balaban J connectivity index is 1.52. The van der Waals surface area contributed by atoms with Gasteiger partial charge in [-0.2, -0.15) is 0 Å². The number of halogens is 1. The molecule has 0 aliphatic carbocycles. The Morgan fingerprint density at radius 2 is 1.92 bits per heavy atom. The lowest BCUT2D eigenvalue weighted by Gasteiger charge is -2.28. The number of Topliss-reactive ketones (excluding diaryl/α,β-unsaturated/α-hetero) is 1. The van der Waals surface area contributed by atoms with Gasteiger partial charge in [-0.25, -0.2) is 0 Å². The number of aryl methyl sites for hydroxylation is 1. The topological polar surface area (TPSA) is 65.0 Å². The number of rotatable bonds is 11. The molecule has 0 bridgehead atoms. The van der Waals surface area contributed by atoms with Crippen LogP contribution in [0.1, 0.15) is 76.9 Å². The monoisotopic (exact) mass is 522 g/mol. The fourth-order valence-corrected chi connectivity index (χ4v) is 4.74. The lowest BCUT2D eigenvalue weighted by molar-refractivity contribution is -0.181. The predicted octanol–water partition coefficient (Wildman–Crippen LogP) is 7.29. The molecule has 5 nitrogen and oxygen atoms in total. The second-order valence-corrected chi connectivity index (χ2v) is 9.74. The first-order valence-corrected chi connectivity index (χ1v) is 13.5. The van der Waals surface area contributed by atoms with Gasteiger partial charge in [-0.05, 0) is 67.0 Å². The van der Waals surface area contributed by atoms with E-state index in [0.29, 0.717) is 30.3 Å². The molecule has 2 unspecified atom stereocenters. The van der Waals surface area contributed by atoms with E-state index in [1.165, 1.54) is 0 Å². The molecular formula is C31H35ClO5. The Morgan fingerprint density at radius 3 is 2.62 bits per heavy atom. The minimum Gasteiger partial charge on any atom is -0.507 e. The molecule has 2 atom stereocenters. The quantitative estimate of drug-likeness (QED) is 0.211. The van der Waals surface area contributed by atoms with Crippen molar-refractivity contribution in [3.63, 3.8) is 0 Å². The second kappa shape index (κ2) is 13.1. The van der Waals surface area contributed by atoms with E-state index in [4.69, 9.17) is 25.8 Å². The molecule has 1 saturated heterocycles. The van der Waals surface area contributed by atoms with Crippen molar-refractivity contribution in [3.05, 3.63) is 94.0 Å². The van der Waals surface area contributed by atoms with Crippen LogP contribution in [0.15, 0.2) is 60.7 Å². The van der Waals surface area contributed by atoms with Crippen LogP contribution < -0.4 is 4.74 Å². The Kier molecular flexibility index (Phi) is 9.62. The molecule has 0 spiro atoms. The van der Waals surface area contributed by atoms with Gasteiger partial charge in [-0.3, -0.25) is 4.79 Å². The zero-order valence-corrected chi connectivity index (χ0v) is 22.3. The highest BCUT2D eigenvalue weighted by molar-refractivity contribution is 6.30. The highest BCUT2D eigenvalue weighted by Gasteiger charge is 2.23. The Bertz CT molecular complexity index is 1180. The normalized spacial score (nSPS) is 16.4. The number of phenols is 1. The number of aromatic hydroxyl groups is 1. The van der Waals surface area contributed by atoms with Crippen molar-refractivity contribution in [2.45, 2.75) is 65.0 Å². The van der Waals surface area contributed by atoms with Crippen molar-refractivity contribution in [2.24, 2.45) is 0 Å². The van der Waals surface area contributed by atoms with Crippen molar-refractivity contribution in [1.29, 1.82) is 0 Å². The molecule has 37 heavy (non-hydrogen) atoms. The Hall–Kier alpha value is -2.86. The molecule has 0 saturated carbocycles. The summed E-state index contributed by atoms with van der Waals surface area (Å²) in [4.78, 5) is 12.2. The fraction of sp³-hybridized carbons (Fsp3) is 0.387. The van der Waals surface area contributed by atoms with E-state index in [9.17, 15) is 9.90 Å². The highest BCUT2D eigenvalue weighted by atomic mass is 35.5. The van der Waals surface area contributed by atoms with Crippen LogP contribution in [0.2, 0.25) is 0 Å². The molecule has 1 fully saturated rings. The Labute approximate surface area is 224 Å². The third-order valence-electron chi connectivity index (χ3n) is 6.72. The molecular weight excluding hydrogens is 488 g/mol. The number of hydrogen-bond donors (Lipinski definition) is 1. The molecule has 3 aromatic carbocycles. The first-order valence-electron chi connectivity index (χ1n) is 13.0. The van der Waals surface area contributed by atoms with Crippen LogP contribution >= 0.6 is 11.6 Å². The van der Waals surface area contributed by atoms with E-state index in [1.54, 1.807) is 6.07 Å². The number of hydrogen-bond acceptors (Lipinski definition) is 5. The van der Waals surface area contributed by atoms with E-state index >= 15 is 0 Å². The first kappa shape index (κ1) is 27.2. The van der Waals surface area contributed by atoms with Gasteiger partial charge in [0.05, 0.1) is 5.88 Å². The lowest BCUT2D eigenvalue weighted by atomic mass is 9.97. The van der Waals surface area contributed by atoms with Crippen LogP contribution in [-0.2, 0) is 22.5 Å². The van der Waals surface area contributed by atoms with E-state index in [2.05, 4.69) is 6.92 Å². The summed E-state index contributed by atoms with van der Waals surface area (Å²) in [5.74, 6) is 0.814. The van der Waals surface area contributed by atoms with Gasteiger partial charge in [-0.15, -0.1) is 11.6 Å². The molecule has 1 aliphatic rings. The zero-order valence-electron chi connectivity index (χ0n) is 21.5. The van der Waals surface area contributed by atoms with Crippen molar-refractivity contribution in [3.8, 4) is 11.5 Å². The third kappa shape index (κ3) is 6.92. The molecule has 6 heteroatoms. The minimum atomic E-state index is -0.383. The molecule has 0 amide bonds. The third-order valence-corrected chi connectivity index (χ3v) is 6.96. The minimum absolute atomic E-state index is 0.0615. The number of carbonyl (C=O) groups excluding carboxylic acids is 1. The first-order chi connectivity index (χ1) is 18.0. The summed E-state index contributed by atoms with van der Waals surface area (Å²) < 4.78 is 18.3. The maximum absolute atomic E-state index is 12.2. The van der Waals surface area contributed by atoms with Crippen molar-refractivity contribution < 1.29 is 24.1 Å². The molecule has 4 rings (SSSR count). The summed E-state index contributed by atoms with van der Waals surface area (Å²) in [6.07, 6.45) is 4.08. The summed E-state index contributed by atoms with van der Waals surface area (Å²) in [5, 5.41) is 10.5. The van der Waals surface area contributed by atoms with Crippen LogP contribution in [0.3, 0.4) is 0 Å². The van der Waals surface area contributed by atoms with Crippen LogP contribution in [0.25, 0.3) is 0 Å². The highest BCUT2D eigenvalue weighted by Crippen LogP contribution is 2.33. The van der Waals surface area contributed by atoms with Gasteiger partial charge >= 0.3 is 0 Å². The second-order valence-electron chi connectivity index (χ2n) is 9.47. The molecule has 1 N–H and O–H groups in total. The summed E-state index contributed by atoms with van der Waals surface area (Å²) in [7, 11) is 0. The zero-order chi connectivity index (χ0) is 26.2. The fourth-order valence-electron chi connectivity index (χ4n) is 4.59. The van der Waals surface area contributed by atoms with E-state index in [-0.39, 0.29) is 24.1 Å². The van der Waals surface area contributed by atoms with Gasteiger partial charge in [-0.1, -0.05) is 61.9 Å². The molecule has 0 aromatic heterocycles. The van der Waals surface area contributed by atoms with Crippen LogP contribution in [-0.4, -0.2) is 29.7 Å². The number of phenolic OH excluding ortho intramolecular Hbond substituents is 1. The number of ether oxygens (including phenoxy) is 3. The summed E-state index contributed by atoms with van der Waals surface area (Å²) in [6, 6.07) is 19.4. The predicted molar refractivity (Wildman–Crippen MR) is 146 cm³/mol. The van der Waals surface area contributed by atoms with Crippen LogP contribution in [0.4, 0.5) is 0 Å². The molecule has 3 aromatic rings. The number of benzene rings is 3. The molecule has 196 valence electrons. The lowest BCUT2D eigenvalue weighted by Crippen LogP contribution is -2.25. The summed E-state index contributed by atoms with van der Waals surface area (Å²) in [5.41, 5.74) is 5.12. The number of alkyl halides is 1. The summed E-state index contributed by atoms with van der Waals surface area (Å²) >= 11 is 5.80. The Morgan fingerprint density at radius 1 is 1.11 bits per heavy atom. The van der Waals surface area contributed by atoms with Gasteiger partial charge < -0.3 is 19.3 Å². The van der Waals surface area contributed by atoms with Gasteiger partial charge in [0, 0.05) is 17.7 Å². The molecule has 0 radical (unpaired) electrons. The van der Waals surface area contributed by atoms with E-state index in [0.717, 1.165) is 59.9 Å². The largest absolute Gasteiger partial charge is 0.507 e. The van der Waals surface area contributed by atoms with Gasteiger partial charge in [0.1, 0.15) is 24.2 Å². The van der Waals surface area contributed by atoms with Gasteiger partial charge in [0.15, 0.2) is 12.1 Å². The van der Waals surface area contributed by atoms with E-state index in [1.807, 2.05) is 61.5 Å². The van der Waals surface area contributed by atoms with Gasteiger partial charge in [0.25, 0.3) is 0 Å². The van der Waals surface area contributed by atoms with Crippen molar-refractivity contribution >= 4 is 17.4 Å². The maximum atomic E-state index is 12.2.